The van der Waals surface area contributed by atoms with E-state index in [-0.39, 0.29) is 34.6 Å². The summed E-state index contributed by atoms with van der Waals surface area (Å²) in [5.74, 6) is 0.810. The van der Waals surface area contributed by atoms with Crippen molar-refractivity contribution in [3.8, 4) is 11.5 Å². The molecule has 0 aliphatic rings. The number of rotatable bonds is 14. The van der Waals surface area contributed by atoms with Crippen molar-refractivity contribution in [3.63, 3.8) is 0 Å². The molecule has 0 spiro atoms. The van der Waals surface area contributed by atoms with Crippen LogP contribution in [0.4, 0.5) is 0 Å². The number of ether oxygens (including phenoxy) is 3. The molecular formula is C33H39Br2Cl3O8. The van der Waals surface area contributed by atoms with Crippen molar-refractivity contribution >= 4 is 83.8 Å². The highest BCUT2D eigenvalue weighted by molar-refractivity contribution is 9.09. The van der Waals surface area contributed by atoms with Crippen LogP contribution >= 0.6 is 66.7 Å². The van der Waals surface area contributed by atoms with Crippen LogP contribution in [0, 0.1) is 0 Å². The number of alkyl halides is 2. The van der Waals surface area contributed by atoms with E-state index in [9.17, 15) is 14.4 Å². The van der Waals surface area contributed by atoms with Crippen LogP contribution in [-0.4, -0.2) is 51.3 Å². The largest absolute Gasteiger partial charge is 0.494 e. The number of hydrogen-bond donors (Lipinski definition) is 2. The highest BCUT2D eigenvalue weighted by Crippen LogP contribution is 2.25. The molecule has 0 aliphatic carbocycles. The van der Waals surface area contributed by atoms with Gasteiger partial charge in [0.05, 0.1) is 35.4 Å². The third-order valence-corrected chi connectivity index (χ3v) is 7.19. The average Bonchev–Trinajstić information content (AvgIpc) is 3.04. The lowest BCUT2D eigenvalue weighted by Gasteiger charge is -2.06. The second-order valence-electron chi connectivity index (χ2n) is 8.82. The number of hydrogen-bond acceptors (Lipinski definition) is 7. The van der Waals surface area contributed by atoms with Crippen LogP contribution in [0.3, 0.4) is 0 Å². The Morgan fingerprint density at radius 2 is 1.20 bits per heavy atom. The lowest BCUT2D eigenvalue weighted by molar-refractivity contribution is -0.145. The number of carboxylic acids is 1. The Hall–Kier alpha value is -2.34. The number of aliphatic hydroxyl groups excluding tert-OH is 1. The van der Waals surface area contributed by atoms with Gasteiger partial charge in [-0.05, 0) is 85.8 Å². The van der Waals surface area contributed by atoms with Gasteiger partial charge >= 0.3 is 11.9 Å². The monoisotopic (exact) mass is 826 g/mol. The van der Waals surface area contributed by atoms with Crippen LogP contribution in [0.2, 0.25) is 10.0 Å². The van der Waals surface area contributed by atoms with Gasteiger partial charge in [0.15, 0.2) is 0 Å². The molecule has 0 aliphatic heterocycles. The maximum atomic E-state index is 11.3. The van der Waals surface area contributed by atoms with E-state index < -0.39 is 11.2 Å². The zero-order valence-electron chi connectivity index (χ0n) is 25.7. The number of carbonyl (C=O) groups excluding carboxylic acids is 2. The second kappa shape index (κ2) is 27.7. The molecule has 46 heavy (non-hydrogen) atoms. The molecule has 8 nitrogen and oxygen atoms in total. The lowest BCUT2D eigenvalue weighted by Crippen LogP contribution is -2.04. The van der Waals surface area contributed by atoms with Crippen LogP contribution in [-0.2, 0) is 27.5 Å². The summed E-state index contributed by atoms with van der Waals surface area (Å²) in [5, 5.41) is 18.3. The van der Waals surface area contributed by atoms with E-state index in [1.165, 1.54) is 0 Å². The molecule has 0 heterocycles. The van der Waals surface area contributed by atoms with Gasteiger partial charge < -0.3 is 24.4 Å². The van der Waals surface area contributed by atoms with Gasteiger partial charge in [-0.2, -0.15) is 0 Å². The topological polar surface area (TPSA) is 119 Å². The number of aliphatic carboxylic acids is 1. The van der Waals surface area contributed by atoms with E-state index in [4.69, 9.17) is 59.2 Å². The van der Waals surface area contributed by atoms with E-state index in [0.717, 1.165) is 46.1 Å². The number of esters is 1. The van der Waals surface area contributed by atoms with Crippen LogP contribution in [0.25, 0.3) is 0 Å². The van der Waals surface area contributed by atoms with Crippen molar-refractivity contribution in [2.45, 2.75) is 52.7 Å². The average molecular weight is 830 g/mol. The summed E-state index contributed by atoms with van der Waals surface area (Å²) in [6, 6.07) is 19.8. The van der Waals surface area contributed by atoms with Crippen molar-refractivity contribution in [1.29, 1.82) is 0 Å². The van der Waals surface area contributed by atoms with Crippen LogP contribution in [0.15, 0.2) is 66.7 Å². The molecule has 3 aromatic rings. The molecule has 0 unspecified atom stereocenters. The van der Waals surface area contributed by atoms with Gasteiger partial charge in [0.1, 0.15) is 18.1 Å². The highest BCUT2D eigenvalue weighted by Gasteiger charge is 2.10. The van der Waals surface area contributed by atoms with Crippen molar-refractivity contribution in [2.75, 3.05) is 23.9 Å². The highest BCUT2D eigenvalue weighted by atomic mass is 79.9. The predicted molar refractivity (Wildman–Crippen MR) is 191 cm³/mol. The van der Waals surface area contributed by atoms with E-state index in [1.807, 2.05) is 62.4 Å². The quantitative estimate of drug-likeness (QED) is 0.0938. The van der Waals surface area contributed by atoms with Gasteiger partial charge in [-0.3, -0.25) is 14.4 Å². The first-order valence-electron chi connectivity index (χ1n) is 14.2. The molecule has 0 fully saturated rings. The first kappa shape index (κ1) is 43.7. The smallest absolute Gasteiger partial charge is 0.306 e. The molecule has 0 radical (unpaired) electrons. The van der Waals surface area contributed by atoms with Crippen molar-refractivity contribution in [3.05, 3.63) is 93.5 Å². The summed E-state index contributed by atoms with van der Waals surface area (Å²) in [6.07, 6.45) is 2.25. The van der Waals surface area contributed by atoms with Gasteiger partial charge in [-0.15, -0.1) is 0 Å². The molecule has 0 amide bonds. The van der Waals surface area contributed by atoms with Gasteiger partial charge in [0, 0.05) is 23.5 Å². The van der Waals surface area contributed by atoms with E-state index >= 15 is 0 Å². The summed E-state index contributed by atoms with van der Waals surface area (Å²) < 4.78 is 15.7. The normalized spacial score (nSPS) is 9.65. The lowest BCUT2D eigenvalue weighted by atomic mass is 10.2. The molecule has 254 valence electrons. The Bertz CT molecular complexity index is 1260. The number of benzene rings is 3. The molecule has 0 aromatic heterocycles. The van der Waals surface area contributed by atoms with E-state index in [1.54, 1.807) is 18.2 Å². The van der Waals surface area contributed by atoms with Gasteiger partial charge in [-0.25, -0.2) is 0 Å². The maximum Gasteiger partial charge on any atom is 0.306 e. The Morgan fingerprint density at radius 1 is 0.739 bits per heavy atom. The molecule has 3 rings (SSSR count). The fraction of sp³-hybridized carbons (Fsp3) is 0.364. The number of aliphatic hydroxyl groups is 1. The van der Waals surface area contributed by atoms with Gasteiger partial charge in [0.2, 0.25) is 0 Å². The van der Waals surface area contributed by atoms with E-state index in [2.05, 4.69) is 31.9 Å². The zero-order chi connectivity index (χ0) is 34.7. The molecule has 0 atom stereocenters. The molecule has 0 saturated carbocycles. The van der Waals surface area contributed by atoms with Gasteiger partial charge in [-0.1, -0.05) is 85.4 Å². The van der Waals surface area contributed by atoms with E-state index in [0.29, 0.717) is 26.2 Å². The van der Waals surface area contributed by atoms with Crippen molar-refractivity contribution in [2.24, 2.45) is 0 Å². The van der Waals surface area contributed by atoms with Gasteiger partial charge in [0.25, 0.3) is 5.24 Å². The standard InChI is InChI=1S/C13H17BrO3.C9H12O2.C7H3Cl3O.C4H7BrO2/c1-2-16-12-7-5-11(6-8-12)10-17-13(15)4-3-9-14;1-2-11-9-5-3-8(7-10)4-6-9;8-4-2-1-3-5(9)6(4)7(10)11;5-3-1-2-4(6)7/h5-8H,2-4,9-10H2,1H3;3-6,10H,2,7H2,1H3;1-3H;1-3H2,(H,6,7). The summed E-state index contributed by atoms with van der Waals surface area (Å²) >= 11 is 22.9. The minimum absolute atomic E-state index is 0.0897. The molecule has 0 saturated heterocycles. The number of carbonyl (C=O) groups is 3. The van der Waals surface area contributed by atoms with Crippen molar-refractivity contribution < 1.29 is 38.8 Å². The molecule has 0 bridgehead atoms. The van der Waals surface area contributed by atoms with Crippen molar-refractivity contribution in [1.82, 2.24) is 0 Å². The first-order valence-corrected chi connectivity index (χ1v) is 17.6. The molecule has 3 aromatic carbocycles. The Labute approximate surface area is 302 Å². The first-order chi connectivity index (χ1) is 22.0. The summed E-state index contributed by atoms with van der Waals surface area (Å²) in [6.45, 7) is 5.64. The fourth-order valence-corrected chi connectivity index (χ4v) is 4.49. The molecular weight excluding hydrogens is 791 g/mol. The number of halogens is 5. The predicted octanol–water partition coefficient (Wildman–Crippen LogP) is 9.50. The van der Waals surface area contributed by atoms with Crippen LogP contribution < -0.4 is 9.47 Å². The number of carboxylic acid groups (broad SMARTS) is 1. The Balaban J connectivity index is 0.000000616. The Morgan fingerprint density at radius 3 is 1.54 bits per heavy atom. The molecule has 2 N–H and O–H groups in total. The maximum absolute atomic E-state index is 11.3. The summed E-state index contributed by atoms with van der Waals surface area (Å²) in [7, 11) is 0. The minimum atomic E-state index is -0.723. The van der Waals surface area contributed by atoms with Crippen LogP contribution in [0.1, 0.15) is 61.0 Å². The minimum Gasteiger partial charge on any atom is -0.494 e. The second-order valence-corrected chi connectivity index (χ2v) is 11.6. The third kappa shape index (κ3) is 21.5. The van der Waals surface area contributed by atoms with Crippen LogP contribution in [0.5, 0.6) is 11.5 Å². The zero-order valence-corrected chi connectivity index (χ0v) is 31.1. The SMILES string of the molecule is CCOc1ccc(CO)cc1.CCOc1ccc(COC(=O)CCCBr)cc1.O=C(Cl)c1c(Cl)cccc1Cl.O=C(O)CCCBr. The fourth-order valence-electron chi connectivity index (χ4n) is 3.06. The molecule has 13 heteroatoms. The third-order valence-electron chi connectivity index (χ3n) is 5.25. The summed E-state index contributed by atoms with van der Waals surface area (Å²) in [4.78, 5) is 31.7. The summed E-state index contributed by atoms with van der Waals surface area (Å²) in [5.41, 5.74) is 2.05. The Kier molecular flexibility index (Phi) is 26.3.